The maximum atomic E-state index is 11.6. The molecule has 6 N–H and O–H groups in total. The van der Waals surface area contributed by atoms with Gasteiger partial charge in [0.25, 0.3) is 0 Å². The number of aliphatic carboxylic acids is 1. The van der Waals surface area contributed by atoms with E-state index < -0.39 is 61.1 Å². The van der Waals surface area contributed by atoms with E-state index in [2.05, 4.69) is 26.6 Å². The van der Waals surface area contributed by atoms with E-state index >= 15 is 0 Å². The second-order valence-electron chi connectivity index (χ2n) is 4.80. The van der Waals surface area contributed by atoms with Crippen molar-refractivity contribution in [2.24, 2.45) is 0 Å². The smallest absolute Gasteiger partial charge is 0.326 e. The Morgan fingerprint density at radius 2 is 1.32 bits per heavy atom. The lowest BCUT2D eigenvalue weighted by atomic mass is 10.2. The Bertz CT molecular complexity index is 549. The molecular weight excluding hydrogens is 338 g/mol. The molecule has 0 aliphatic rings. The van der Waals surface area contributed by atoms with Crippen molar-refractivity contribution in [3.05, 3.63) is 0 Å². The molecule has 0 heterocycles. The summed E-state index contributed by atoms with van der Waals surface area (Å²) < 4.78 is 0. The minimum atomic E-state index is -1.52. The van der Waals surface area contributed by atoms with E-state index in [9.17, 15) is 28.8 Å². The molecule has 0 unspecified atom stereocenters. The van der Waals surface area contributed by atoms with Crippen LogP contribution in [0.3, 0.4) is 0 Å². The molecule has 0 aromatic heterocycles. The second kappa shape index (κ2) is 11.4. The van der Waals surface area contributed by atoms with Crippen molar-refractivity contribution in [1.29, 1.82) is 0 Å². The zero-order valence-electron chi connectivity index (χ0n) is 13.8. The van der Waals surface area contributed by atoms with Crippen LogP contribution in [-0.4, -0.2) is 73.3 Å². The van der Waals surface area contributed by atoms with Crippen LogP contribution in [0.2, 0.25) is 0 Å². The first-order valence-electron chi connectivity index (χ1n) is 7.16. The van der Waals surface area contributed by atoms with E-state index in [1.54, 1.807) is 0 Å². The van der Waals surface area contributed by atoms with Gasteiger partial charge >= 0.3 is 5.97 Å². The van der Waals surface area contributed by atoms with Crippen molar-refractivity contribution in [2.45, 2.75) is 19.4 Å². The molecule has 0 fully saturated rings. The van der Waals surface area contributed by atoms with Crippen molar-refractivity contribution >= 4 is 35.5 Å². The second-order valence-corrected chi connectivity index (χ2v) is 4.80. The van der Waals surface area contributed by atoms with Crippen LogP contribution in [0.15, 0.2) is 0 Å². The molecule has 12 nitrogen and oxygen atoms in total. The van der Waals surface area contributed by atoms with Crippen LogP contribution in [0, 0.1) is 0 Å². The molecule has 0 spiro atoms. The van der Waals surface area contributed by atoms with Gasteiger partial charge in [-0.2, -0.15) is 0 Å². The van der Waals surface area contributed by atoms with Crippen molar-refractivity contribution in [2.75, 3.05) is 26.7 Å². The Hall–Kier alpha value is -3.18. The minimum Gasteiger partial charge on any atom is -0.480 e. The van der Waals surface area contributed by atoms with E-state index in [-0.39, 0.29) is 6.54 Å². The number of carbonyl (C=O) groups is 6. The fourth-order valence-corrected chi connectivity index (χ4v) is 1.42. The van der Waals surface area contributed by atoms with Crippen molar-refractivity contribution in [3.63, 3.8) is 0 Å². The molecule has 0 aliphatic heterocycles. The molecule has 25 heavy (non-hydrogen) atoms. The van der Waals surface area contributed by atoms with Gasteiger partial charge < -0.3 is 31.7 Å². The number of amides is 5. The van der Waals surface area contributed by atoms with Crippen LogP contribution < -0.4 is 26.6 Å². The summed E-state index contributed by atoms with van der Waals surface area (Å²) >= 11 is 0. The number of nitrogens with one attached hydrogen (secondary N) is 5. The Kier molecular flexibility index (Phi) is 9.92. The summed E-state index contributed by atoms with van der Waals surface area (Å²) in [5.41, 5.74) is 0. The van der Waals surface area contributed by atoms with Crippen molar-refractivity contribution in [1.82, 2.24) is 26.6 Å². The molecule has 0 radical (unpaired) electrons. The molecule has 0 saturated heterocycles. The molecule has 12 heteroatoms. The summed E-state index contributed by atoms with van der Waals surface area (Å²) in [5, 5.41) is 19.9. The first-order valence-corrected chi connectivity index (χ1v) is 7.16. The number of rotatable bonds is 10. The fraction of sp³-hybridized carbons (Fsp3) is 0.538. The maximum Gasteiger partial charge on any atom is 0.326 e. The van der Waals surface area contributed by atoms with Gasteiger partial charge in [-0.05, 0) is 0 Å². The van der Waals surface area contributed by atoms with E-state index in [1.807, 2.05) is 0 Å². The molecule has 0 rings (SSSR count). The Balaban J connectivity index is 4.30. The van der Waals surface area contributed by atoms with Crippen LogP contribution in [0.4, 0.5) is 0 Å². The van der Waals surface area contributed by atoms with Crippen molar-refractivity contribution in [3.8, 4) is 0 Å². The van der Waals surface area contributed by atoms with Crippen LogP contribution in [0.5, 0.6) is 0 Å². The van der Waals surface area contributed by atoms with Crippen LogP contribution in [-0.2, 0) is 28.8 Å². The zero-order valence-corrected chi connectivity index (χ0v) is 13.8. The molecule has 0 saturated carbocycles. The van der Waals surface area contributed by atoms with Gasteiger partial charge in [0.1, 0.15) is 6.04 Å². The monoisotopic (exact) mass is 359 g/mol. The summed E-state index contributed by atoms with van der Waals surface area (Å²) in [6, 6.07) is -1.52. The van der Waals surface area contributed by atoms with Gasteiger partial charge in [-0.25, -0.2) is 4.79 Å². The molecule has 1 atom stereocenters. The normalized spacial score (nSPS) is 10.8. The lowest BCUT2D eigenvalue weighted by Gasteiger charge is -2.14. The molecule has 140 valence electrons. The molecule has 0 aromatic rings. The van der Waals surface area contributed by atoms with E-state index in [0.29, 0.717) is 0 Å². The van der Waals surface area contributed by atoms with Gasteiger partial charge in [-0.3, -0.25) is 24.0 Å². The van der Waals surface area contributed by atoms with Gasteiger partial charge in [0.15, 0.2) is 0 Å². The average Bonchev–Trinajstić information content (AvgIpc) is 2.55. The number of carboxylic acid groups (broad SMARTS) is 1. The largest absolute Gasteiger partial charge is 0.480 e. The number of likely N-dealkylation sites (N-methyl/N-ethyl adjacent to an activating group) is 1. The predicted octanol–water partition coefficient (Wildman–Crippen LogP) is -3.94. The standard InChI is InChI=1S/C13H21N5O7/c1-7(19)15-6-12(23)18-8(13(24)25)3-9(20)16-5-11(22)17-4-10(21)14-2/h8H,3-6H2,1-2H3,(H,14,21)(H,15,19)(H,16,20)(H,17,22)(H,18,23)(H,24,25)/t8-/m0/s1. The summed E-state index contributed by atoms with van der Waals surface area (Å²) in [5.74, 6) is -4.55. The molecule has 0 aromatic carbocycles. The lowest BCUT2D eigenvalue weighted by molar-refractivity contribution is -0.143. The van der Waals surface area contributed by atoms with E-state index in [0.717, 1.165) is 0 Å². The van der Waals surface area contributed by atoms with E-state index in [4.69, 9.17) is 5.11 Å². The molecule has 0 bridgehead atoms. The zero-order chi connectivity index (χ0) is 19.4. The van der Waals surface area contributed by atoms with Gasteiger partial charge in [-0.15, -0.1) is 0 Å². The topological polar surface area (TPSA) is 183 Å². The van der Waals surface area contributed by atoms with E-state index in [1.165, 1.54) is 14.0 Å². The lowest BCUT2D eigenvalue weighted by Crippen LogP contribution is -2.48. The fourth-order valence-electron chi connectivity index (χ4n) is 1.42. The third-order valence-corrected chi connectivity index (χ3v) is 2.69. The number of hydrogen-bond donors (Lipinski definition) is 6. The molecule has 0 aliphatic carbocycles. The van der Waals surface area contributed by atoms with Gasteiger partial charge in [0, 0.05) is 14.0 Å². The summed E-state index contributed by atoms with van der Waals surface area (Å²) in [6.07, 6.45) is -0.607. The molecular formula is C13H21N5O7. The first-order chi connectivity index (χ1) is 11.6. The van der Waals surface area contributed by atoms with Gasteiger partial charge in [0.05, 0.1) is 26.1 Å². The van der Waals surface area contributed by atoms with Crippen molar-refractivity contribution < 1.29 is 33.9 Å². The van der Waals surface area contributed by atoms with Crippen LogP contribution in [0.25, 0.3) is 0 Å². The third-order valence-electron chi connectivity index (χ3n) is 2.69. The quantitative estimate of drug-likeness (QED) is 0.230. The highest BCUT2D eigenvalue weighted by Gasteiger charge is 2.23. The first kappa shape index (κ1) is 21.8. The highest BCUT2D eigenvalue weighted by atomic mass is 16.4. The number of hydrogen-bond acceptors (Lipinski definition) is 6. The highest BCUT2D eigenvalue weighted by Crippen LogP contribution is 1.93. The highest BCUT2D eigenvalue weighted by molar-refractivity contribution is 5.92. The summed E-state index contributed by atoms with van der Waals surface area (Å²) in [7, 11) is 1.39. The maximum absolute atomic E-state index is 11.6. The Morgan fingerprint density at radius 3 is 1.84 bits per heavy atom. The van der Waals surface area contributed by atoms with Gasteiger partial charge in [0.2, 0.25) is 29.5 Å². The SMILES string of the molecule is CNC(=O)CNC(=O)CNC(=O)C[C@H](NC(=O)CNC(C)=O)C(=O)O. The average molecular weight is 359 g/mol. The minimum absolute atomic E-state index is 0.262. The summed E-state index contributed by atoms with van der Waals surface area (Å²) in [6.45, 7) is 0.0391. The Morgan fingerprint density at radius 1 is 0.800 bits per heavy atom. The van der Waals surface area contributed by atoms with Gasteiger partial charge in [-0.1, -0.05) is 0 Å². The number of carbonyl (C=O) groups excluding carboxylic acids is 5. The third kappa shape index (κ3) is 11.1. The molecule has 5 amide bonds. The predicted molar refractivity (Wildman–Crippen MR) is 83.0 cm³/mol. The number of carboxylic acids is 1. The van der Waals surface area contributed by atoms with Crippen LogP contribution >= 0.6 is 0 Å². The Labute approximate surface area is 143 Å². The van der Waals surface area contributed by atoms with Crippen LogP contribution in [0.1, 0.15) is 13.3 Å². The summed E-state index contributed by atoms with van der Waals surface area (Å²) in [4.78, 5) is 67.2.